The number of carbonyl (C=O) groups is 1. The minimum atomic E-state index is -3.96. The molecule has 5 atom stereocenters. The molecular formula is C16H23NO8S. The molecule has 1 aliphatic heterocycles. The van der Waals surface area contributed by atoms with Crippen molar-refractivity contribution in [3.8, 4) is 0 Å². The van der Waals surface area contributed by atoms with Gasteiger partial charge in [-0.05, 0) is 19.1 Å². The van der Waals surface area contributed by atoms with Gasteiger partial charge in [0.15, 0.2) is 6.29 Å². The topological polar surface area (TPSA) is 131 Å². The molecule has 26 heavy (non-hydrogen) atoms. The summed E-state index contributed by atoms with van der Waals surface area (Å²) in [6.07, 6.45) is -4.29. The Bertz CT molecular complexity index is 695. The van der Waals surface area contributed by atoms with E-state index in [1.807, 2.05) is 0 Å². The standard InChI is InChI=1S/C16H23NO8S/c1-3-23-16-12(17-15(20)10-7-5-4-6-8-10)14(25-26(2,21)22)13(19)11(9-18)24-16/h4-8,11-14,16,18-19H,3,9H2,1-2H3,(H,17,20)/t11-,12-,13-,14+,16-/m1/s1. The van der Waals surface area contributed by atoms with Gasteiger partial charge in [-0.15, -0.1) is 0 Å². The molecule has 0 aliphatic carbocycles. The molecule has 0 radical (unpaired) electrons. The first-order chi connectivity index (χ1) is 12.3. The van der Waals surface area contributed by atoms with Gasteiger partial charge in [0.05, 0.1) is 12.9 Å². The molecule has 3 N–H and O–H groups in total. The molecule has 146 valence electrons. The summed E-state index contributed by atoms with van der Waals surface area (Å²) in [5.41, 5.74) is 0.333. The summed E-state index contributed by atoms with van der Waals surface area (Å²) in [6.45, 7) is 1.31. The second-order valence-electron chi connectivity index (χ2n) is 5.80. The monoisotopic (exact) mass is 389 g/mol. The van der Waals surface area contributed by atoms with Gasteiger partial charge in [-0.1, -0.05) is 18.2 Å². The van der Waals surface area contributed by atoms with Crippen molar-refractivity contribution in [1.29, 1.82) is 0 Å². The van der Waals surface area contributed by atoms with E-state index in [0.29, 0.717) is 5.56 Å². The van der Waals surface area contributed by atoms with Gasteiger partial charge in [-0.2, -0.15) is 8.42 Å². The number of amides is 1. The second-order valence-corrected chi connectivity index (χ2v) is 7.40. The zero-order chi connectivity index (χ0) is 19.3. The Morgan fingerprint density at radius 2 is 1.96 bits per heavy atom. The molecule has 9 nitrogen and oxygen atoms in total. The molecule has 0 saturated carbocycles. The molecule has 1 fully saturated rings. The molecule has 1 amide bonds. The predicted molar refractivity (Wildman–Crippen MR) is 90.8 cm³/mol. The fraction of sp³-hybridized carbons (Fsp3) is 0.562. The summed E-state index contributed by atoms with van der Waals surface area (Å²) in [5, 5.41) is 22.3. The van der Waals surface area contributed by atoms with Crippen LogP contribution in [0.5, 0.6) is 0 Å². The Labute approximate surface area is 152 Å². The van der Waals surface area contributed by atoms with E-state index in [4.69, 9.17) is 13.7 Å². The molecule has 1 aromatic carbocycles. The number of hydrogen-bond acceptors (Lipinski definition) is 8. The number of carbonyl (C=O) groups excluding carboxylic acids is 1. The Balaban J connectivity index is 2.31. The average molecular weight is 389 g/mol. The fourth-order valence-electron chi connectivity index (χ4n) is 2.67. The minimum Gasteiger partial charge on any atom is -0.394 e. The maximum atomic E-state index is 12.5. The quantitative estimate of drug-likeness (QED) is 0.519. The number of benzene rings is 1. The van der Waals surface area contributed by atoms with E-state index in [9.17, 15) is 23.4 Å². The van der Waals surface area contributed by atoms with Crippen LogP contribution in [0.4, 0.5) is 0 Å². The molecule has 0 bridgehead atoms. The second kappa shape index (κ2) is 8.89. The summed E-state index contributed by atoms with van der Waals surface area (Å²) in [4.78, 5) is 12.5. The first-order valence-electron chi connectivity index (χ1n) is 8.07. The zero-order valence-electron chi connectivity index (χ0n) is 14.4. The first kappa shape index (κ1) is 20.7. The molecule has 1 aromatic rings. The van der Waals surface area contributed by atoms with Gasteiger partial charge in [-0.25, -0.2) is 0 Å². The normalized spacial score (nSPS) is 29.3. The summed E-state index contributed by atoms with van der Waals surface area (Å²) < 4.78 is 39.1. The van der Waals surface area contributed by atoms with Crippen LogP contribution in [0.3, 0.4) is 0 Å². The zero-order valence-corrected chi connectivity index (χ0v) is 15.3. The maximum absolute atomic E-state index is 12.5. The highest BCUT2D eigenvalue weighted by molar-refractivity contribution is 7.86. The SMILES string of the molecule is CCO[C@@H]1O[C@H](CO)[C@@H](O)[C@@H](OS(C)(=O)=O)[C@H]1NC(=O)c1ccccc1. The predicted octanol–water partition coefficient (Wildman–Crippen LogP) is -0.756. The third kappa shape index (κ3) is 5.22. The lowest BCUT2D eigenvalue weighted by Gasteiger charge is -2.43. The molecule has 1 saturated heterocycles. The average Bonchev–Trinajstić information content (AvgIpc) is 2.60. The van der Waals surface area contributed by atoms with Crippen LogP contribution in [-0.2, 0) is 23.8 Å². The summed E-state index contributed by atoms with van der Waals surface area (Å²) in [7, 11) is -3.96. The van der Waals surface area contributed by atoms with Crippen molar-refractivity contribution in [1.82, 2.24) is 5.32 Å². The third-order valence-electron chi connectivity index (χ3n) is 3.80. The third-order valence-corrected chi connectivity index (χ3v) is 4.38. The van der Waals surface area contributed by atoms with Crippen molar-refractivity contribution < 1.29 is 37.1 Å². The van der Waals surface area contributed by atoms with E-state index in [1.54, 1.807) is 37.3 Å². The van der Waals surface area contributed by atoms with Crippen molar-refractivity contribution in [3.63, 3.8) is 0 Å². The number of aliphatic hydroxyl groups excluding tert-OH is 2. The van der Waals surface area contributed by atoms with Crippen LogP contribution in [0.15, 0.2) is 30.3 Å². The minimum absolute atomic E-state index is 0.197. The van der Waals surface area contributed by atoms with Crippen molar-refractivity contribution in [3.05, 3.63) is 35.9 Å². The van der Waals surface area contributed by atoms with E-state index in [2.05, 4.69) is 5.32 Å². The Hall–Kier alpha value is -1.56. The number of nitrogens with one attached hydrogen (secondary N) is 1. The fourth-order valence-corrected chi connectivity index (χ4v) is 3.30. The maximum Gasteiger partial charge on any atom is 0.264 e. The van der Waals surface area contributed by atoms with Crippen LogP contribution < -0.4 is 5.32 Å². The van der Waals surface area contributed by atoms with Crippen molar-refractivity contribution in [2.45, 2.75) is 37.6 Å². The highest BCUT2D eigenvalue weighted by Crippen LogP contribution is 2.26. The number of rotatable bonds is 7. The van der Waals surface area contributed by atoms with Crippen LogP contribution in [0, 0.1) is 0 Å². The Kier molecular flexibility index (Phi) is 7.09. The van der Waals surface area contributed by atoms with E-state index in [-0.39, 0.29) is 6.61 Å². The molecule has 2 rings (SSSR count). The van der Waals surface area contributed by atoms with Crippen LogP contribution >= 0.6 is 0 Å². The van der Waals surface area contributed by atoms with Crippen LogP contribution in [0.2, 0.25) is 0 Å². The molecule has 10 heteroatoms. The summed E-state index contributed by atoms with van der Waals surface area (Å²) in [6, 6.07) is 7.13. The van der Waals surface area contributed by atoms with Crippen LogP contribution in [-0.4, -0.2) is 74.7 Å². The van der Waals surface area contributed by atoms with E-state index in [1.165, 1.54) is 0 Å². The number of hydrogen-bond donors (Lipinski definition) is 3. The van der Waals surface area contributed by atoms with E-state index in [0.717, 1.165) is 6.26 Å². The highest BCUT2D eigenvalue weighted by Gasteiger charge is 2.48. The van der Waals surface area contributed by atoms with Gasteiger partial charge >= 0.3 is 0 Å². The van der Waals surface area contributed by atoms with Crippen molar-refractivity contribution in [2.75, 3.05) is 19.5 Å². The Morgan fingerprint density at radius 1 is 1.31 bits per heavy atom. The van der Waals surface area contributed by atoms with Crippen molar-refractivity contribution >= 4 is 16.0 Å². The number of aliphatic hydroxyl groups is 2. The first-order valence-corrected chi connectivity index (χ1v) is 9.88. The summed E-state index contributed by atoms with van der Waals surface area (Å²) >= 11 is 0. The lowest BCUT2D eigenvalue weighted by molar-refractivity contribution is -0.263. The van der Waals surface area contributed by atoms with Gasteiger partial charge in [0, 0.05) is 12.2 Å². The molecule has 0 spiro atoms. The van der Waals surface area contributed by atoms with Gasteiger partial charge < -0.3 is 25.0 Å². The highest BCUT2D eigenvalue weighted by atomic mass is 32.2. The van der Waals surface area contributed by atoms with Crippen LogP contribution in [0.25, 0.3) is 0 Å². The molecule has 0 aromatic heterocycles. The molecule has 1 aliphatic rings. The number of ether oxygens (including phenoxy) is 2. The van der Waals surface area contributed by atoms with E-state index >= 15 is 0 Å². The molecule has 1 heterocycles. The lowest BCUT2D eigenvalue weighted by atomic mass is 9.96. The molecule has 0 unspecified atom stereocenters. The van der Waals surface area contributed by atoms with Crippen molar-refractivity contribution in [2.24, 2.45) is 0 Å². The van der Waals surface area contributed by atoms with Gasteiger partial charge in [0.2, 0.25) is 0 Å². The molecular weight excluding hydrogens is 366 g/mol. The van der Waals surface area contributed by atoms with Gasteiger partial charge in [-0.3, -0.25) is 8.98 Å². The van der Waals surface area contributed by atoms with Gasteiger partial charge in [0.1, 0.15) is 24.4 Å². The van der Waals surface area contributed by atoms with Crippen LogP contribution in [0.1, 0.15) is 17.3 Å². The smallest absolute Gasteiger partial charge is 0.264 e. The van der Waals surface area contributed by atoms with E-state index < -0.39 is 53.3 Å². The largest absolute Gasteiger partial charge is 0.394 e. The lowest BCUT2D eigenvalue weighted by Crippen LogP contribution is -2.65. The Morgan fingerprint density at radius 3 is 2.50 bits per heavy atom. The summed E-state index contributed by atoms with van der Waals surface area (Å²) in [5.74, 6) is -0.513. The van der Waals surface area contributed by atoms with Gasteiger partial charge in [0.25, 0.3) is 16.0 Å².